The van der Waals surface area contributed by atoms with Gasteiger partial charge in [0.25, 0.3) is 5.89 Å². The van der Waals surface area contributed by atoms with E-state index in [9.17, 15) is 0 Å². The fourth-order valence-electron chi connectivity index (χ4n) is 1.53. The monoisotopic (exact) mass is 273 g/mol. The molecule has 6 nitrogen and oxygen atoms in total. The second-order valence-corrected chi connectivity index (χ2v) is 4.16. The molecule has 0 aliphatic carbocycles. The summed E-state index contributed by atoms with van der Waals surface area (Å²) in [4.78, 5) is 3.95. The number of rotatable bonds is 3. The average Bonchev–Trinajstić information content (AvgIpc) is 2.89. The summed E-state index contributed by atoms with van der Waals surface area (Å²) in [6.45, 7) is 0. The SMILES string of the molecule is Clc1ccc(-c2nnc(Cc3ccncc3)o2)nn1. The molecule has 3 heterocycles. The van der Waals surface area contributed by atoms with Crippen LogP contribution in [0.15, 0.2) is 41.1 Å². The van der Waals surface area contributed by atoms with Crippen molar-refractivity contribution in [2.24, 2.45) is 0 Å². The Labute approximate surface area is 113 Å². The normalized spacial score (nSPS) is 10.6. The summed E-state index contributed by atoms with van der Waals surface area (Å²) in [5.41, 5.74) is 1.55. The highest BCUT2D eigenvalue weighted by atomic mass is 35.5. The number of hydrogen-bond donors (Lipinski definition) is 0. The molecule has 0 spiro atoms. The summed E-state index contributed by atoms with van der Waals surface area (Å²) >= 11 is 5.67. The molecule has 7 heteroatoms. The van der Waals surface area contributed by atoms with Crippen molar-refractivity contribution in [2.75, 3.05) is 0 Å². The van der Waals surface area contributed by atoms with E-state index in [2.05, 4.69) is 25.4 Å². The summed E-state index contributed by atoms with van der Waals surface area (Å²) < 4.78 is 5.53. The number of hydrogen-bond acceptors (Lipinski definition) is 6. The molecule has 0 atom stereocenters. The lowest BCUT2D eigenvalue weighted by atomic mass is 10.2. The summed E-state index contributed by atoms with van der Waals surface area (Å²) in [6.07, 6.45) is 3.99. The first-order valence-electron chi connectivity index (χ1n) is 5.52. The van der Waals surface area contributed by atoms with Crippen LogP contribution in [0.25, 0.3) is 11.6 Å². The summed E-state index contributed by atoms with van der Waals surface area (Å²) in [5, 5.41) is 15.8. The first kappa shape index (κ1) is 11.7. The minimum absolute atomic E-state index is 0.320. The van der Waals surface area contributed by atoms with Crippen molar-refractivity contribution in [1.29, 1.82) is 0 Å². The maximum atomic E-state index is 5.67. The van der Waals surface area contributed by atoms with Gasteiger partial charge in [0.05, 0.1) is 6.42 Å². The highest BCUT2D eigenvalue weighted by Gasteiger charge is 2.10. The van der Waals surface area contributed by atoms with E-state index in [1.165, 1.54) is 0 Å². The van der Waals surface area contributed by atoms with Crippen LogP contribution in [0.2, 0.25) is 5.15 Å². The zero-order valence-corrected chi connectivity index (χ0v) is 10.4. The molecule has 94 valence electrons. The largest absolute Gasteiger partial charge is 0.419 e. The average molecular weight is 274 g/mol. The van der Waals surface area contributed by atoms with Crippen LogP contribution in [0.4, 0.5) is 0 Å². The maximum Gasteiger partial charge on any atom is 0.268 e. The van der Waals surface area contributed by atoms with Gasteiger partial charge in [0.2, 0.25) is 5.89 Å². The lowest BCUT2D eigenvalue weighted by molar-refractivity contribution is 0.515. The van der Waals surface area contributed by atoms with Crippen LogP contribution in [-0.4, -0.2) is 25.4 Å². The van der Waals surface area contributed by atoms with E-state index in [1.807, 2.05) is 12.1 Å². The summed E-state index contributed by atoms with van der Waals surface area (Å²) in [7, 11) is 0. The van der Waals surface area contributed by atoms with E-state index < -0.39 is 0 Å². The molecule has 0 bridgehead atoms. The Morgan fingerprint density at radius 3 is 2.53 bits per heavy atom. The molecule has 3 aromatic heterocycles. The molecule has 3 rings (SSSR count). The van der Waals surface area contributed by atoms with Gasteiger partial charge in [-0.05, 0) is 29.8 Å². The lowest BCUT2D eigenvalue weighted by Gasteiger charge is -1.95. The molecule has 0 aliphatic rings. The van der Waals surface area contributed by atoms with Gasteiger partial charge < -0.3 is 4.42 Å². The second-order valence-electron chi connectivity index (χ2n) is 3.77. The van der Waals surface area contributed by atoms with E-state index in [4.69, 9.17) is 16.0 Å². The Morgan fingerprint density at radius 1 is 0.947 bits per heavy atom. The number of nitrogens with zero attached hydrogens (tertiary/aromatic N) is 5. The Morgan fingerprint density at radius 2 is 1.79 bits per heavy atom. The van der Waals surface area contributed by atoms with Crippen molar-refractivity contribution in [3.8, 4) is 11.6 Å². The summed E-state index contributed by atoms with van der Waals surface area (Å²) in [5.74, 6) is 0.839. The zero-order chi connectivity index (χ0) is 13.1. The quantitative estimate of drug-likeness (QED) is 0.728. The van der Waals surface area contributed by atoms with E-state index >= 15 is 0 Å². The molecule has 19 heavy (non-hydrogen) atoms. The summed E-state index contributed by atoms with van der Waals surface area (Å²) in [6, 6.07) is 7.09. The van der Waals surface area contributed by atoms with Gasteiger partial charge >= 0.3 is 0 Å². The Kier molecular flexibility index (Phi) is 3.16. The minimum Gasteiger partial charge on any atom is -0.419 e. The van der Waals surface area contributed by atoms with Gasteiger partial charge in [-0.15, -0.1) is 20.4 Å². The number of halogens is 1. The van der Waals surface area contributed by atoms with Gasteiger partial charge in [-0.3, -0.25) is 4.98 Å². The minimum atomic E-state index is 0.320. The topological polar surface area (TPSA) is 77.6 Å². The van der Waals surface area contributed by atoms with Crippen LogP contribution >= 0.6 is 11.6 Å². The smallest absolute Gasteiger partial charge is 0.268 e. The number of aromatic nitrogens is 5. The number of pyridine rings is 1. The standard InChI is InChI=1S/C12H8ClN5O/c13-10-2-1-9(15-16-10)12-18-17-11(19-12)7-8-3-5-14-6-4-8/h1-6H,7H2. The molecule has 0 aromatic carbocycles. The predicted octanol–water partition coefficient (Wildman–Crippen LogP) is 2.17. The third-order valence-corrected chi connectivity index (χ3v) is 2.62. The first-order valence-corrected chi connectivity index (χ1v) is 5.90. The van der Waals surface area contributed by atoms with Crippen molar-refractivity contribution in [3.05, 3.63) is 53.3 Å². The Hall–Kier alpha value is -2.34. The Bertz CT molecular complexity index is 668. The van der Waals surface area contributed by atoms with E-state index in [0.29, 0.717) is 29.0 Å². The van der Waals surface area contributed by atoms with Gasteiger partial charge in [-0.1, -0.05) is 11.6 Å². The van der Waals surface area contributed by atoms with Crippen LogP contribution in [-0.2, 0) is 6.42 Å². The highest BCUT2D eigenvalue weighted by molar-refractivity contribution is 6.29. The molecule has 0 unspecified atom stereocenters. The van der Waals surface area contributed by atoms with Crippen LogP contribution in [0.3, 0.4) is 0 Å². The van der Waals surface area contributed by atoms with Crippen LogP contribution in [0.1, 0.15) is 11.5 Å². The second kappa shape index (κ2) is 5.11. The molecule has 0 N–H and O–H groups in total. The molecule has 0 fully saturated rings. The van der Waals surface area contributed by atoms with E-state index in [-0.39, 0.29) is 0 Å². The van der Waals surface area contributed by atoms with Crippen LogP contribution in [0, 0.1) is 0 Å². The van der Waals surface area contributed by atoms with Crippen molar-refractivity contribution < 1.29 is 4.42 Å². The van der Waals surface area contributed by atoms with Crippen molar-refractivity contribution in [3.63, 3.8) is 0 Å². The van der Waals surface area contributed by atoms with Gasteiger partial charge in [0.15, 0.2) is 5.15 Å². The van der Waals surface area contributed by atoms with E-state index in [0.717, 1.165) is 5.56 Å². The van der Waals surface area contributed by atoms with Crippen LogP contribution < -0.4 is 0 Å². The van der Waals surface area contributed by atoms with Crippen LogP contribution in [0.5, 0.6) is 0 Å². The van der Waals surface area contributed by atoms with Crippen molar-refractivity contribution in [1.82, 2.24) is 25.4 Å². The fourth-order valence-corrected chi connectivity index (χ4v) is 1.63. The van der Waals surface area contributed by atoms with Gasteiger partial charge in [0.1, 0.15) is 5.69 Å². The third-order valence-electron chi connectivity index (χ3n) is 2.42. The van der Waals surface area contributed by atoms with Crippen molar-refractivity contribution in [2.45, 2.75) is 6.42 Å². The van der Waals surface area contributed by atoms with Gasteiger partial charge in [0, 0.05) is 12.4 Å². The molecule has 0 saturated carbocycles. The van der Waals surface area contributed by atoms with Gasteiger partial charge in [-0.2, -0.15) is 0 Å². The molecular weight excluding hydrogens is 266 g/mol. The zero-order valence-electron chi connectivity index (χ0n) is 9.69. The first-order chi connectivity index (χ1) is 9.31. The Balaban J connectivity index is 1.82. The molecule has 0 radical (unpaired) electrons. The predicted molar refractivity (Wildman–Crippen MR) is 67.4 cm³/mol. The molecule has 3 aromatic rings. The molecular formula is C12H8ClN5O. The van der Waals surface area contributed by atoms with Gasteiger partial charge in [-0.25, -0.2) is 0 Å². The molecule has 0 amide bonds. The lowest BCUT2D eigenvalue weighted by Crippen LogP contribution is -1.88. The fraction of sp³-hybridized carbons (Fsp3) is 0.0833. The molecule has 0 saturated heterocycles. The van der Waals surface area contributed by atoms with Crippen molar-refractivity contribution >= 4 is 11.6 Å². The van der Waals surface area contributed by atoms with E-state index in [1.54, 1.807) is 24.5 Å². The third kappa shape index (κ3) is 2.74. The molecule has 0 aliphatic heterocycles. The highest BCUT2D eigenvalue weighted by Crippen LogP contribution is 2.17. The maximum absolute atomic E-state index is 5.67.